The lowest BCUT2D eigenvalue weighted by atomic mass is 10.1. The van der Waals surface area contributed by atoms with Gasteiger partial charge in [-0.3, -0.25) is 14.4 Å². The third-order valence-electron chi connectivity index (χ3n) is 6.89. The molecule has 12 nitrogen and oxygen atoms in total. The van der Waals surface area contributed by atoms with Gasteiger partial charge in [-0.25, -0.2) is 4.39 Å². The maximum absolute atomic E-state index is 13.0. The summed E-state index contributed by atoms with van der Waals surface area (Å²) < 4.78 is 56.4. The van der Waals surface area contributed by atoms with E-state index in [1.165, 1.54) is 36.4 Å². The number of nitrogens with one attached hydrogen (secondary N) is 5. The van der Waals surface area contributed by atoms with Gasteiger partial charge in [0.05, 0.1) is 5.54 Å². The van der Waals surface area contributed by atoms with Crippen molar-refractivity contribution in [2.75, 3.05) is 35.6 Å². The monoisotopic (exact) mass is 686 g/mol. The molecular weight excluding hydrogens is 660 g/mol. The summed E-state index contributed by atoms with van der Waals surface area (Å²) in [6, 6.07) is 17.5. The number of alkyl halides is 3. The fourth-order valence-corrected chi connectivity index (χ4v) is 4.49. The van der Waals surface area contributed by atoms with E-state index in [9.17, 15) is 31.9 Å². The second-order valence-corrected chi connectivity index (χ2v) is 11.0. The molecule has 5 N–H and O–H groups in total. The van der Waals surface area contributed by atoms with Gasteiger partial charge in [0.2, 0.25) is 11.9 Å². The maximum Gasteiger partial charge on any atom is 0.422 e. The second kappa shape index (κ2) is 14.5. The minimum absolute atomic E-state index is 0.00634. The van der Waals surface area contributed by atoms with Crippen LogP contribution in [0.4, 0.5) is 40.8 Å². The molecule has 48 heavy (non-hydrogen) atoms. The number of rotatable bonds is 12. The zero-order valence-electron chi connectivity index (χ0n) is 24.8. The van der Waals surface area contributed by atoms with E-state index in [1.807, 2.05) is 12.1 Å². The molecule has 1 aromatic heterocycles. The summed E-state index contributed by atoms with van der Waals surface area (Å²) >= 11 is 6.01. The van der Waals surface area contributed by atoms with Crippen molar-refractivity contribution in [3.63, 3.8) is 0 Å². The molecule has 3 aromatic carbocycles. The van der Waals surface area contributed by atoms with Gasteiger partial charge in [-0.2, -0.15) is 28.1 Å². The Kier molecular flexibility index (Phi) is 10.2. The second-order valence-electron chi connectivity index (χ2n) is 10.6. The van der Waals surface area contributed by atoms with Crippen molar-refractivity contribution >= 4 is 52.6 Å². The average molecular weight is 687 g/mol. The van der Waals surface area contributed by atoms with Crippen molar-refractivity contribution in [3.8, 4) is 6.01 Å². The molecule has 0 atom stereocenters. The first-order chi connectivity index (χ1) is 22.9. The highest BCUT2D eigenvalue weighted by atomic mass is 35.5. The van der Waals surface area contributed by atoms with Crippen molar-refractivity contribution in [3.05, 3.63) is 94.8 Å². The molecule has 4 aromatic rings. The van der Waals surface area contributed by atoms with Gasteiger partial charge >= 0.3 is 24.0 Å². The summed E-state index contributed by atoms with van der Waals surface area (Å²) in [4.78, 5) is 48.8. The van der Waals surface area contributed by atoms with E-state index in [4.69, 9.17) is 16.3 Å². The number of amides is 3. The topological polar surface area (TPSA) is 159 Å². The lowest BCUT2D eigenvalue weighted by Gasteiger charge is -2.19. The number of carbonyl (C=O) groups is 3. The van der Waals surface area contributed by atoms with E-state index in [1.54, 1.807) is 12.1 Å². The first-order valence-electron chi connectivity index (χ1n) is 14.4. The van der Waals surface area contributed by atoms with Crippen LogP contribution in [0.2, 0.25) is 5.02 Å². The molecule has 5 rings (SSSR count). The molecule has 1 saturated carbocycles. The molecule has 0 aliphatic heterocycles. The van der Waals surface area contributed by atoms with E-state index in [0.29, 0.717) is 10.7 Å². The fraction of sp³-hybridized carbons (Fsp3) is 0.226. The lowest BCUT2D eigenvalue weighted by Crippen LogP contribution is -2.40. The average Bonchev–Trinajstić information content (AvgIpc) is 3.83. The molecule has 0 saturated heterocycles. The standard InChI is InChI=1S/C31H27ClF4N8O4/c32-20-5-3-19(4-6-20)30(13-14-30)44-28-41-27(42-29(43-28)48-17-31(34,35)36)40-23-9-1-18(2-10-23)24(45)37-15-16-38-25(46)26(47)39-22-11-7-21(33)8-12-22/h1-12H,13-17H2,(H,37,45)(H,38,46)(H,39,47)(H2,40,41,42,43,44). The van der Waals surface area contributed by atoms with E-state index < -0.39 is 47.9 Å². The van der Waals surface area contributed by atoms with Crippen LogP contribution in [0.1, 0.15) is 28.8 Å². The minimum Gasteiger partial charge on any atom is -0.454 e. The molecular formula is C31H27ClF4N8O4. The molecule has 0 radical (unpaired) electrons. The molecule has 1 aliphatic carbocycles. The molecule has 1 fully saturated rings. The Hall–Kier alpha value is -5.51. The molecule has 3 amide bonds. The largest absolute Gasteiger partial charge is 0.454 e. The molecule has 0 unspecified atom stereocenters. The number of carbonyl (C=O) groups excluding carboxylic acids is 3. The predicted molar refractivity (Wildman–Crippen MR) is 167 cm³/mol. The Labute approximate surface area is 275 Å². The maximum atomic E-state index is 13.0. The van der Waals surface area contributed by atoms with E-state index in [0.717, 1.165) is 30.5 Å². The molecule has 250 valence electrons. The van der Waals surface area contributed by atoms with Crippen LogP contribution in [-0.2, 0) is 15.1 Å². The van der Waals surface area contributed by atoms with Crippen LogP contribution in [0, 0.1) is 5.82 Å². The summed E-state index contributed by atoms with van der Waals surface area (Å²) in [5, 5.41) is 13.9. The Morgan fingerprint density at radius 1 is 0.792 bits per heavy atom. The van der Waals surface area contributed by atoms with Crippen LogP contribution in [-0.4, -0.2) is 58.5 Å². The summed E-state index contributed by atoms with van der Waals surface area (Å²) in [6.07, 6.45) is -3.16. The minimum atomic E-state index is -4.61. The number of hydrogen-bond donors (Lipinski definition) is 5. The van der Waals surface area contributed by atoms with Gasteiger partial charge in [0.1, 0.15) is 5.82 Å². The van der Waals surface area contributed by atoms with Crippen molar-refractivity contribution in [1.82, 2.24) is 25.6 Å². The smallest absolute Gasteiger partial charge is 0.422 e. The number of ether oxygens (including phenoxy) is 1. The number of nitrogens with zero attached hydrogens (tertiary/aromatic N) is 3. The zero-order chi connectivity index (χ0) is 34.3. The Balaban J connectivity index is 1.16. The van der Waals surface area contributed by atoms with Crippen LogP contribution in [0.25, 0.3) is 0 Å². The van der Waals surface area contributed by atoms with Crippen molar-refractivity contribution in [1.29, 1.82) is 0 Å². The number of benzene rings is 3. The Morgan fingerprint density at radius 2 is 1.42 bits per heavy atom. The van der Waals surface area contributed by atoms with Gasteiger partial charge in [0.25, 0.3) is 5.91 Å². The quantitative estimate of drug-likeness (QED) is 0.0791. The first-order valence-corrected chi connectivity index (χ1v) is 14.8. The molecule has 1 aliphatic rings. The van der Waals surface area contributed by atoms with Crippen molar-refractivity contribution < 1.29 is 36.7 Å². The van der Waals surface area contributed by atoms with Gasteiger partial charge in [-0.1, -0.05) is 23.7 Å². The summed E-state index contributed by atoms with van der Waals surface area (Å²) in [6.45, 7) is -1.64. The van der Waals surface area contributed by atoms with E-state index in [2.05, 4.69) is 41.5 Å². The fourth-order valence-electron chi connectivity index (χ4n) is 4.36. The number of hydrogen-bond acceptors (Lipinski definition) is 9. The Morgan fingerprint density at radius 3 is 2.06 bits per heavy atom. The van der Waals surface area contributed by atoms with Crippen LogP contribution >= 0.6 is 11.6 Å². The molecule has 1 heterocycles. The lowest BCUT2D eigenvalue weighted by molar-refractivity contribution is -0.154. The van der Waals surface area contributed by atoms with Gasteiger partial charge in [0, 0.05) is 35.1 Å². The van der Waals surface area contributed by atoms with Crippen LogP contribution in [0.3, 0.4) is 0 Å². The first kappa shape index (κ1) is 33.8. The van der Waals surface area contributed by atoms with E-state index in [-0.39, 0.29) is 36.2 Å². The summed E-state index contributed by atoms with van der Waals surface area (Å²) in [5.41, 5.74) is 1.28. The van der Waals surface area contributed by atoms with Crippen LogP contribution in [0.15, 0.2) is 72.8 Å². The highest BCUT2D eigenvalue weighted by Gasteiger charge is 2.45. The normalized spacial score (nSPS) is 13.2. The molecule has 0 spiro atoms. The van der Waals surface area contributed by atoms with Crippen LogP contribution < -0.4 is 31.3 Å². The number of aromatic nitrogens is 3. The third kappa shape index (κ3) is 9.51. The molecule has 0 bridgehead atoms. The number of anilines is 4. The summed E-state index contributed by atoms with van der Waals surface area (Å²) in [7, 11) is 0. The van der Waals surface area contributed by atoms with Gasteiger partial charge in [-0.15, -0.1) is 0 Å². The highest BCUT2D eigenvalue weighted by Crippen LogP contribution is 2.48. The molecule has 17 heteroatoms. The SMILES string of the molecule is O=C(NCCNC(=O)c1ccc(Nc2nc(NC3(c4ccc(Cl)cc4)CC3)nc(OCC(F)(F)F)n2)cc1)C(=O)Nc1ccc(F)cc1. The van der Waals surface area contributed by atoms with Crippen LogP contribution in [0.5, 0.6) is 6.01 Å². The highest BCUT2D eigenvalue weighted by molar-refractivity contribution is 6.39. The number of halogens is 5. The summed E-state index contributed by atoms with van der Waals surface area (Å²) in [5.74, 6) is -2.97. The van der Waals surface area contributed by atoms with Gasteiger partial charge < -0.3 is 31.3 Å². The van der Waals surface area contributed by atoms with Crippen molar-refractivity contribution in [2.24, 2.45) is 0 Å². The predicted octanol–water partition coefficient (Wildman–Crippen LogP) is 4.93. The van der Waals surface area contributed by atoms with Gasteiger partial charge in [-0.05, 0) is 79.1 Å². The van der Waals surface area contributed by atoms with Gasteiger partial charge in [0.15, 0.2) is 6.61 Å². The van der Waals surface area contributed by atoms with Crippen molar-refractivity contribution in [2.45, 2.75) is 24.6 Å². The van der Waals surface area contributed by atoms with E-state index >= 15 is 0 Å². The Bertz CT molecular complexity index is 1770. The third-order valence-corrected chi connectivity index (χ3v) is 7.14. The zero-order valence-corrected chi connectivity index (χ0v) is 25.6.